The smallest absolute Gasteiger partial charge is 0.350 e. The van der Waals surface area contributed by atoms with Crippen LogP contribution < -0.4 is 5.63 Å². The fourth-order valence-electron chi connectivity index (χ4n) is 1.16. The summed E-state index contributed by atoms with van der Waals surface area (Å²) in [5.41, 5.74) is 0.331. The molecule has 5 heteroatoms. The van der Waals surface area contributed by atoms with E-state index in [4.69, 9.17) is 4.42 Å². The zero-order chi connectivity index (χ0) is 10.9. The van der Waals surface area contributed by atoms with E-state index in [2.05, 4.69) is 20.7 Å². The molecular formula is C9H9BrO4. The first-order chi connectivity index (χ1) is 6.49. The molecule has 76 valence electrons. The average molecular weight is 261 g/mol. The number of halogens is 1. The van der Waals surface area contributed by atoms with Crippen molar-refractivity contribution in [1.29, 1.82) is 0 Å². The number of carbonyl (C=O) groups excluding carboxylic acids is 1. The molecule has 0 bridgehead atoms. The highest BCUT2D eigenvalue weighted by molar-refractivity contribution is 9.10. The van der Waals surface area contributed by atoms with E-state index < -0.39 is 11.6 Å². The van der Waals surface area contributed by atoms with Crippen LogP contribution in [0, 0.1) is 13.8 Å². The minimum Gasteiger partial charge on any atom is -0.465 e. The molecule has 14 heavy (non-hydrogen) atoms. The second-order valence-electron chi connectivity index (χ2n) is 2.75. The Bertz CT molecular complexity index is 433. The van der Waals surface area contributed by atoms with Gasteiger partial charge in [-0.2, -0.15) is 0 Å². The van der Waals surface area contributed by atoms with Crippen molar-refractivity contribution in [3.8, 4) is 0 Å². The quantitative estimate of drug-likeness (QED) is 0.723. The minimum atomic E-state index is -0.510. The lowest BCUT2D eigenvalue weighted by Gasteiger charge is -2.06. The molecule has 1 heterocycles. The lowest BCUT2D eigenvalue weighted by molar-refractivity contribution is 0.0595. The minimum absolute atomic E-state index is 0.253. The van der Waals surface area contributed by atoms with Crippen molar-refractivity contribution < 1.29 is 13.9 Å². The monoisotopic (exact) mass is 260 g/mol. The molecule has 0 aromatic carbocycles. The first kappa shape index (κ1) is 11.0. The normalized spacial score (nSPS) is 10.0. The van der Waals surface area contributed by atoms with Crippen LogP contribution >= 0.6 is 15.9 Å². The molecule has 0 aliphatic rings. The molecule has 0 fully saturated rings. The zero-order valence-corrected chi connectivity index (χ0v) is 9.60. The van der Waals surface area contributed by atoms with E-state index >= 15 is 0 Å². The summed E-state index contributed by atoms with van der Waals surface area (Å²) in [6.07, 6.45) is 0. The van der Waals surface area contributed by atoms with Gasteiger partial charge in [-0.05, 0) is 35.3 Å². The van der Waals surface area contributed by atoms with Crippen LogP contribution in [0.4, 0.5) is 0 Å². The maximum absolute atomic E-state index is 11.3. The number of methoxy groups -OCH3 is 1. The van der Waals surface area contributed by atoms with Crippen LogP contribution in [0.2, 0.25) is 0 Å². The van der Waals surface area contributed by atoms with Gasteiger partial charge in [0.1, 0.15) is 15.8 Å². The van der Waals surface area contributed by atoms with Gasteiger partial charge in [-0.25, -0.2) is 9.59 Å². The Labute approximate surface area is 89.0 Å². The van der Waals surface area contributed by atoms with Crippen molar-refractivity contribution in [2.24, 2.45) is 0 Å². The van der Waals surface area contributed by atoms with Crippen LogP contribution in [0.25, 0.3) is 0 Å². The van der Waals surface area contributed by atoms with Gasteiger partial charge in [-0.1, -0.05) is 0 Å². The molecule has 0 radical (unpaired) electrons. The predicted octanol–water partition coefficient (Wildman–Crippen LogP) is 1.81. The Morgan fingerprint density at radius 3 is 2.50 bits per heavy atom. The van der Waals surface area contributed by atoms with Gasteiger partial charge in [0.15, 0.2) is 0 Å². The van der Waals surface area contributed by atoms with Gasteiger partial charge in [-0.15, -0.1) is 0 Å². The number of esters is 1. The van der Waals surface area contributed by atoms with Crippen molar-refractivity contribution in [2.45, 2.75) is 13.8 Å². The molecule has 0 atom stereocenters. The molecule has 1 aromatic rings. The first-order valence-electron chi connectivity index (χ1n) is 3.87. The summed E-state index contributed by atoms with van der Waals surface area (Å²) in [7, 11) is 1.28. The summed E-state index contributed by atoms with van der Waals surface area (Å²) in [4.78, 5) is 22.5. The number of aryl methyl sites for hydroxylation is 1. The maximum atomic E-state index is 11.3. The third kappa shape index (κ3) is 1.72. The van der Waals surface area contributed by atoms with E-state index in [0.29, 0.717) is 11.1 Å². The van der Waals surface area contributed by atoms with Crippen LogP contribution in [-0.4, -0.2) is 13.1 Å². The standard InChI is InChI=1S/C9H9BrO4/c1-4-6(8(11)13-3)5(2)14-9(12)7(4)10/h1-3H3. The van der Waals surface area contributed by atoms with E-state index in [1.165, 1.54) is 7.11 Å². The number of carbonyl (C=O) groups is 1. The van der Waals surface area contributed by atoms with Crippen molar-refractivity contribution in [2.75, 3.05) is 7.11 Å². The van der Waals surface area contributed by atoms with Gasteiger partial charge >= 0.3 is 11.6 Å². The Kier molecular flexibility index (Phi) is 3.10. The summed E-state index contributed by atoms with van der Waals surface area (Å²) in [6.45, 7) is 3.20. The summed E-state index contributed by atoms with van der Waals surface area (Å²) >= 11 is 3.05. The van der Waals surface area contributed by atoms with Crippen LogP contribution in [0.3, 0.4) is 0 Å². The fraction of sp³-hybridized carbons (Fsp3) is 0.333. The number of ether oxygens (including phenoxy) is 1. The van der Waals surface area contributed by atoms with E-state index in [1.807, 2.05) is 0 Å². The molecule has 0 aliphatic carbocycles. The van der Waals surface area contributed by atoms with E-state index in [0.717, 1.165) is 0 Å². The van der Waals surface area contributed by atoms with Crippen molar-refractivity contribution in [1.82, 2.24) is 0 Å². The Balaban J connectivity index is 3.52. The second kappa shape index (κ2) is 3.96. The zero-order valence-electron chi connectivity index (χ0n) is 8.01. The number of hydrogen-bond acceptors (Lipinski definition) is 4. The second-order valence-corrected chi connectivity index (χ2v) is 3.54. The predicted molar refractivity (Wildman–Crippen MR) is 53.5 cm³/mol. The van der Waals surface area contributed by atoms with Crippen LogP contribution in [-0.2, 0) is 4.74 Å². The van der Waals surface area contributed by atoms with Gasteiger partial charge in [0.05, 0.1) is 7.11 Å². The van der Waals surface area contributed by atoms with E-state index in [9.17, 15) is 9.59 Å². The Morgan fingerprint density at radius 2 is 2.00 bits per heavy atom. The largest absolute Gasteiger partial charge is 0.465 e. The van der Waals surface area contributed by atoms with Crippen LogP contribution in [0.5, 0.6) is 0 Å². The third-order valence-corrected chi connectivity index (χ3v) is 2.79. The van der Waals surface area contributed by atoms with Gasteiger partial charge in [0, 0.05) is 0 Å². The van der Waals surface area contributed by atoms with Gasteiger partial charge in [0.2, 0.25) is 0 Å². The Hall–Kier alpha value is -1.10. The summed E-state index contributed by atoms with van der Waals surface area (Å²) < 4.78 is 9.66. The van der Waals surface area contributed by atoms with Gasteiger partial charge < -0.3 is 9.15 Å². The molecule has 1 aromatic heterocycles. The van der Waals surface area contributed by atoms with Crippen molar-refractivity contribution >= 4 is 21.9 Å². The SMILES string of the molecule is COC(=O)c1c(C)oc(=O)c(Br)c1C. The van der Waals surface area contributed by atoms with E-state index in [1.54, 1.807) is 13.8 Å². The van der Waals surface area contributed by atoms with Crippen molar-refractivity contribution in [3.05, 3.63) is 31.8 Å². The third-order valence-electron chi connectivity index (χ3n) is 1.87. The molecular weight excluding hydrogens is 252 g/mol. The molecule has 0 N–H and O–H groups in total. The summed E-state index contributed by atoms with van der Waals surface area (Å²) in [6, 6.07) is 0. The topological polar surface area (TPSA) is 56.5 Å². The molecule has 0 saturated heterocycles. The molecule has 0 spiro atoms. The molecule has 4 nitrogen and oxygen atoms in total. The number of hydrogen-bond donors (Lipinski definition) is 0. The highest BCUT2D eigenvalue weighted by Crippen LogP contribution is 2.19. The highest BCUT2D eigenvalue weighted by atomic mass is 79.9. The average Bonchev–Trinajstić information content (AvgIpc) is 2.14. The number of rotatable bonds is 1. The molecule has 1 rings (SSSR count). The molecule has 0 saturated carbocycles. The van der Waals surface area contributed by atoms with E-state index in [-0.39, 0.29) is 10.2 Å². The molecule has 0 unspecified atom stereocenters. The van der Waals surface area contributed by atoms with Crippen LogP contribution in [0.1, 0.15) is 21.7 Å². The highest BCUT2D eigenvalue weighted by Gasteiger charge is 2.18. The van der Waals surface area contributed by atoms with Crippen LogP contribution in [0.15, 0.2) is 13.7 Å². The summed E-state index contributed by atoms with van der Waals surface area (Å²) in [5, 5.41) is 0. The molecule has 0 amide bonds. The fourth-order valence-corrected chi connectivity index (χ4v) is 1.44. The van der Waals surface area contributed by atoms with Gasteiger partial charge in [0.25, 0.3) is 0 Å². The maximum Gasteiger partial charge on any atom is 0.350 e. The molecule has 0 aliphatic heterocycles. The lowest BCUT2D eigenvalue weighted by atomic mass is 10.1. The summed E-state index contributed by atoms with van der Waals surface area (Å²) in [5.74, 6) is -0.244. The first-order valence-corrected chi connectivity index (χ1v) is 4.66. The van der Waals surface area contributed by atoms with Crippen molar-refractivity contribution in [3.63, 3.8) is 0 Å². The Morgan fingerprint density at radius 1 is 1.43 bits per heavy atom. The van der Waals surface area contributed by atoms with Gasteiger partial charge in [-0.3, -0.25) is 0 Å². The lowest BCUT2D eigenvalue weighted by Crippen LogP contribution is -2.13.